The number of nitrogens with two attached hydrogens (primary N) is 1. The first-order chi connectivity index (χ1) is 10.0. The Labute approximate surface area is 125 Å². The molecule has 0 fully saturated rings. The van der Waals surface area contributed by atoms with E-state index < -0.39 is 12.0 Å². The maximum absolute atomic E-state index is 11.7. The number of hydrogen-bond acceptors (Lipinski definition) is 5. The minimum absolute atomic E-state index is 0.170. The van der Waals surface area contributed by atoms with Crippen LogP contribution < -0.4 is 15.2 Å². The zero-order chi connectivity index (χ0) is 15.4. The molecule has 0 aliphatic carbocycles. The molecule has 2 rings (SSSR count). The molecule has 1 aromatic carbocycles. The lowest BCUT2D eigenvalue weighted by atomic mass is 10.0. The van der Waals surface area contributed by atoms with Crippen molar-refractivity contribution >= 4 is 5.97 Å². The molecule has 1 aliphatic heterocycles. The molecular weight excluding hydrogens is 270 g/mol. The Hall–Kier alpha value is -1.75. The lowest BCUT2D eigenvalue weighted by Crippen LogP contribution is -2.34. The van der Waals surface area contributed by atoms with E-state index in [4.69, 9.17) is 19.9 Å². The van der Waals surface area contributed by atoms with Crippen LogP contribution in [-0.4, -0.2) is 31.3 Å². The Morgan fingerprint density at radius 1 is 1.43 bits per heavy atom. The average Bonchev–Trinajstić information content (AvgIpc) is 2.78. The predicted octanol–water partition coefficient (Wildman–Crippen LogP) is 1.84. The second kappa shape index (κ2) is 6.80. The van der Waals surface area contributed by atoms with Gasteiger partial charge < -0.3 is 19.9 Å². The van der Waals surface area contributed by atoms with Crippen molar-refractivity contribution in [2.45, 2.75) is 45.8 Å². The van der Waals surface area contributed by atoms with Gasteiger partial charge in [-0.1, -0.05) is 0 Å². The average molecular weight is 293 g/mol. The second-order valence-electron chi connectivity index (χ2n) is 5.20. The first kappa shape index (κ1) is 15.6. The van der Waals surface area contributed by atoms with Gasteiger partial charge in [-0.15, -0.1) is 0 Å². The van der Waals surface area contributed by atoms with Crippen molar-refractivity contribution in [3.05, 3.63) is 23.3 Å². The Morgan fingerprint density at radius 3 is 2.86 bits per heavy atom. The van der Waals surface area contributed by atoms with Gasteiger partial charge in [0.15, 0.2) is 0 Å². The smallest absolute Gasteiger partial charge is 0.323 e. The second-order valence-corrected chi connectivity index (χ2v) is 5.20. The molecule has 5 heteroatoms. The molecule has 0 saturated carbocycles. The van der Waals surface area contributed by atoms with E-state index in [1.165, 1.54) is 0 Å². The number of ether oxygens (including phenoxy) is 3. The Balaban J connectivity index is 2.21. The van der Waals surface area contributed by atoms with Crippen LogP contribution in [0.1, 0.15) is 31.9 Å². The van der Waals surface area contributed by atoms with Crippen LogP contribution in [0.5, 0.6) is 11.5 Å². The van der Waals surface area contributed by atoms with Crippen molar-refractivity contribution in [2.75, 3.05) is 13.2 Å². The molecule has 2 unspecified atom stereocenters. The molecule has 0 aromatic heterocycles. The Bertz CT molecular complexity index is 515. The summed E-state index contributed by atoms with van der Waals surface area (Å²) < 4.78 is 16.4. The molecule has 2 atom stereocenters. The molecule has 1 aliphatic rings. The molecule has 0 amide bonds. The van der Waals surface area contributed by atoms with Crippen LogP contribution >= 0.6 is 0 Å². The van der Waals surface area contributed by atoms with Crippen molar-refractivity contribution in [2.24, 2.45) is 5.73 Å². The summed E-state index contributed by atoms with van der Waals surface area (Å²) in [4.78, 5) is 11.7. The molecule has 1 aromatic rings. The van der Waals surface area contributed by atoms with E-state index in [0.29, 0.717) is 19.6 Å². The van der Waals surface area contributed by atoms with Crippen LogP contribution in [-0.2, 0) is 22.4 Å². The van der Waals surface area contributed by atoms with Crippen molar-refractivity contribution in [1.29, 1.82) is 0 Å². The first-order valence-corrected chi connectivity index (χ1v) is 7.42. The summed E-state index contributed by atoms with van der Waals surface area (Å²) in [7, 11) is 0. The van der Waals surface area contributed by atoms with Crippen LogP contribution in [0.25, 0.3) is 0 Å². The number of rotatable bonds is 6. The van der Waals surface area contributed by atoms with Gasteiger partial charge in [-0.05, 0) is 38.5 Å². The van der Waals surface area contributed by atoms with E-state index in [-0.39, 0.29) is 6.10 Å². The summed E-state index contributed by atoms with van der Waals surface area (Å²) >= 11 is 0. The van der Waals surface area contributed by atoms with E-state index in [1.54, 1.807) is 6.92 Å². The van der Waals surface area contributed by atoms with Crippen molar-refractivity contribution in [1.82, 2.24) is 0 Å². The fourth-order valence-electron chi connectivity index (χ4n) is 2.50. The molecule has 0 spiro atoms. The zero-order valence-corrected chi connectivity index (χ0v) is 12.8. The van der Waals surface area contributed by atoms with E-state index >= 15 is 0 Å². The number of carbonyl (C=O) groups excluding carboxylic acids is 1. The highest BCUT2D eigenvalue weighted by Gasteiger charge is 2.24. The fraction of sp³-hybridized carbons (Fsp3) is 0.562. The Kier molecular flexibility index (Phi) is 5.07. The van der Waals surface area contributed by atoms with Crippen LogP contribution in [0.2, 0.25) is 0 Å². The highest BCUT2D eigenvalue weighted by molar-refractivity contribution is 5.76. The summed E-state index contributed by atoms with van der Waals surface area (Å²) in [6.45, 7) is 6.62. The number of esters is 1. The molecular formula is C16H23NO4. The van der Waals surface area contributed by atoms with Crippen molar-refractivity contribution in [3.8, 4) is 11.5 Å². The van der Waals surface area contributed by atoms with Gasteiger partial charge in [-0.3, -0.25) is 4.79 Å². The largest absolute Gasteiger partial charge is 0.494 e. The number of carbonyl (C=O) groups is 1. The van der Waals surface area contributed by atoms with E-state index in [2.05, 4.69) is 0 Å². The normalized spacial score (nSPS) is 17.8. The molecule has 0 bridgehead atoms. The van der Waals surface area contributed by atoms with Gasteiger partial charge in [0, 0.05) is 18.4 Å². The predicted molar refractivity (Wildman–Crippen MR) is 79.7 cm³/mol. The van der Waals surface area contributed by atoms with Crippen molar-refractivity contribution in [3.63, 3.8) is 0 Å². The van der Waals surface area contributed by atoms with Crippen LogP contribution in [0.3, 0.4) is 0 Å². The SMILES string of the molecule is CCOC(=O)C(N)Cc1cc2c(cc1OCC)CC(C)O2. The van der Waals surface area contributed by atoms with Gasteiger partial charge in [0.25, 0.3) is 0 Å². The lowest BCUT2D eigenvalue weighted by molar-refractivity contribution is -0.144. The Morgan fingerprint density at radius 2 is 2.19 bits per heavy atom. The van der Waals surface area contributed by atoms with Gasteiger partial charge in [-0.25, -0.2) is 0 Å². The summed E-state index contributed by atoms with van der Waals surface area (Å²) in [5.41, 5.74) is 7.92. The van der Waals surface area contributed by atoms with Crippen LogP contribution in [0.15, 0.2) is 12.1 Å². The van der Waals surface area contributed by atoms with Crippen molar-refractivity contribution < 1.29 is 19.0 Å². The van der Waals surface area contributed by atoms with Gasteiger partial charge in [0.2, 0.25) is 0 Å². The van der Waals surface area contributed by atoms with Gasteiger partial charge in [-0.2, -0.15) is 0 Å². The van der Waals surface area contributed by atoms with Gasteiger partial charge >= 0.3 is 5.97 Å². The quantitative estimate of drug-likeness (QED) is 0.810. The van der Waals surface area contributed by atoms with Gasteiger partial charge in [0.1, 0.15) is 23.6 Å². The highest BCUT2D eigenvalue weighted by atomic mass is 16.5. The highest BCUT2D eigenvalue weighted by Crippen LogP contribution is 2.35. The third kappa shape index (κ3) is 3.67. The molecule has 1 heterocycles. The van der Waals surface area contributed by atoms with Crippen LogP contribution in [0, 0.1) is 0 Å². The summed E-state index contributed by atoms with van der Waals surface area (Å²) in [5.74, 6) is 1.24. The monoisotopic (exact) mass is 293 g/mol. The third-order valence-corrected chi connectivity index (χ3v) is 3.41. The summed E-state index contributed by atoms with van der Waals surface area (Å²) in [6, 6.07) is 3.24. The fourth-order valence-corrected chi connectivity index (χ4v) is 2.50. The maximum Gasteiger partial charge on any atom is 0.323 e. The molecule has 2 N–H and O–H groups in total. The summed E-state index contributed by atoms with van der Waals surface area (Å²) in [5, 5.41) is 0. The summed E-state index contributed by atoms with van der Waals surface area (Å²) in [6.07, 6.45) is 1.42. The minimum Gasteiger partial charge on any atom is -0.494 e. The van der Waals surface area contributed by atoms with E-state index in [9.17, 15) is 4.79 Å². The number of fused-ring (bicyclic) bond motifs is 1. The first-order valence-electron chi connectivity index (χ1n) is 7.42. The molecule has 0 radical (unpaired) electrons. The van der Waals surface area contributed by atoms with Gasteiger partial charge in [0.05, 0.1) is 13.2 Å². The standard InChI is InChI=1S/C16H23NO4/c1-4-19-14-8-11-6-10(3)21-15(11)9-12(14)7-13(17)16(18)20-5-2/h8-10,13H,4-7,17H2,1-3H3. The van der Waals surface area contributed by atoms with E-state index in [1.807, 2.05) is 26.0 Å². The lowest BCUT2D eigenvalue weighted by Gasteiger charge is -2.15. The number of hydrogen-bond donors (Lipinski definition) is 1. The topological polar surface area (TPSA) is 70.8 Å². The van der Waals surface area contributed by atoms with Crippen LogP contribution in [0.4, 0.5) is 0 Å². The number of benzene rings is 1. The molecule has 5 nitrogen and oxygen atoms in total. The molecule has 21 heavy (non-hydrogen) atoms. The minimum atomic E-state index is -0.693. The van der Waals surface area contributed by atoms with E-state index in [0.717, 1.165) is 29.0 Å². The molecule has 116 valence electrons. The zero-order valence-electron chi connectivity index (χ0n) is 12.8. The molecule has 0 saturated heterocycles. The third-order valence-electron chi connectivity index (χ3n) is 3.41. The maximum atomic E-state index is 11.7.